The number of nitrogens with two attached hydrogens (primary N) is 2. The van der Waals surface area contributed by atoms with Gasteiger partial charge in [0.25, 0.3) is 5.91 Å². The monoisotopic (exact) mass is 263 g/mol. The fraction of sp³-hybridized carbons (Fsp3) is 0.500. The largest absolute Gasteiger partial charge is 0.482 e. The van der Waals surface area contributed by atoms with Crippen LogP contribution in [0.1, 0.15) is 18.9 Å². The SMILES string of the molecule is CCC(CN)CN1C(=O)COc2ccc(CN)cc21. The molecule has 1 unspecified atom stereocenters. The van der Waals surface area contributed by atoms with Gasteiger partial charge in [0.2, 0.25) is 0 Å². The van der Waals surface area contributed by atoms with Gasteiger partial charge in [0.1, 0.15) is 5.75 Å². The van der Waals surface area contributed by atoms with E-state index in [1.54, 1.807) is 4.90 Å². The van der Waals surface area contributed by atoms with Crippen LogP contribution < -0.4 is 21.1 Å². The summed E-state index contributed by atoms with van der Waals surface area (Å²) in [7, 11) is 0. The Balaban J connectivity index is 2.30. The van der Waals surface area contributed by atoms with Crippen LogP contribution in [-0.2, 0) is 11.3 Å². The minimum atomic E-state index is -0.0198. The number of ether oxygens (including phenoxy) is 1. The van der Waals surface area contributed by atoms with Gasteiger partial charge in [-0.3, -0.25) is 4.79 Å². The Morgan fingerprint density at radius 3 is 2.84 bits per heavy atom. The van der Waals surface area contributed by atoms with E-state index in [4.69, 9.17) is 16.2 Å². The summed E-state index contributed by atoms with van der Waals surface area (Å²) < 4.78 is 5.45. The van der Waals surface area contributed by atoms with E-state index in [0.717, 1.165) is 23.4 Å². The molecule has 0 fully saturated rings. The molecule has 1 amide bonds. The quantitative estimate of drug-likeness (QED) is 0.825. The lowest BCUT2D eigenvalue weighted by Gasteiger charge is -2.32. The van der Waals surface area contributed by atoms with Crippen LogP contribution in [0.5, 0.6) is 5.75 Å². The van der Waals surface area contributed by atoms with Crippen LogP contribution in [0.25, 0.3) is 0 Å². The van der Waals surface area contributed by atoms with Crippen molar-refractivity contribution in [2.75, 3.05) is 24.6 Å². The van der Waals surface area contributed by atoms with E-state index >= 15 is 0 Å². The molecule has 2 rings (SSSR count). The lowest BCUT2D eigenvalue weighted by molar-refractivity contribution is -0.121. The van der Waals surface area contributed by atoms with Crippen molar-refractivity contribution in [3.63, 3.8) is 0 Å². The molecule has 0 saturated carbocycles. The third-order valence-corrected chi connectivity index (χ3v) is 3.55. The molecule has 5 nitrogen and oxygen atoms in total. The van der Waals surface area contributed by atoms with Gasteiger partial charge in [-0.25, -0.2) is 0 Å². The summed E-state index contributed by atoms with van der Waals surface area (Å²) in [6.45, 7) is 3.84. The Labute approximate surface area is 113 Å². The summed E-state index contributed by atoms with van der Waals surface area (Å²) in [4.78, 5) is 13.8. The Morgan fingerprint density at radius 2 is 2.21 bits per heavy atom. The zero-order chi connectivity index (χ0) is 13.8. The molecule has 1 aliphatic rings. The summed E-state index contributed by atoms with van der Waals surface area (Å²) >= 11 is 0. The minimum absolute atomic E-state index is 0.0198. The van der Waals surface area contributed by atoms with Crippen LogP contribution in [0.2, 0.25) is 0 Å². The highest BCUT2D eigenvalue weighted by Gasteiger charge is 2.27. The van der Waals surface area contributed by atoms with E-state index in [9.17, 15) is 4.79 Å². The van der Waals surface area contributed by atoms with Crippen LogP contribution in [0.3, 0.4) is 0 Å². The number of fused-ring (bicyclic) bond motifs is 1. The molecule has 0 saturated heterocycles. The zero-order valence-electron chi connectivity index (χ0n) is 11.3. The average Bonchev–Trinajstić information content (AvgIpc) is 2.46. The van der Waals surface area contributed by atoms with Crippen LogP contribution in [0.4, 0.5) is 5.69 Å². The third-order valence-electron chi connectivity index (χ3n) is 3.55. The maximum absolute atomic E-state index is 12.1. The molecule has 1 atom stereocenters. The summed E-state index contributed by atoms with van der Waals surface area (Å²) in [5, 5.41) is 0. The van der Waals surface area contributed by atoms with Crippen molar-refractivity contribution in [2.24, 2.45) is 17.4 Å². The fourth-order valence-corrected chi connectivity index (χ4v) is 2.20. The summed E-state index contributed by atoms with van der Waals surface area (Å²) in [5.41, 5.74) is 13.2. The lowest BCUT2D eigenvalue weighted by Crippen LogP contribution is -2.43. The van der Waals surface area contributed by atoms with Crippen molar-refractivity contribution in [3.8, 4) is 5.75 Å². The van der Waals surface area contributed by atoms with Crippen LogP contribution in [0, 0.1) is 5.92 Å². The Morgan fingerprint density at radius 1 is 1.42 bits per heavy atom. The van der Waals surface area contributed by atoms with Crippen LogP contribution in [0.15, 0.2) is 18.2 Å². The molecule has 5 heteroatoms. The Bertz CT molecular complexity index is 458. The first kappa shape index (κ1) is 13.8. The maximum atomic E-state index is 12.1. The van der Waals surface area contributed by atoms with Crippen LogP contribution in [-0.4, -0.2) is 25.6 Å². The minimum Gasteiger partial charge on any atom is -0.482 e. The van der Waals surface area contributed by atoms with Gasteiger partial charge < -0.3 is 21.1 Å². The van der Waals surface area contributed by atoms with Gasteiger partial charge in [0, 0.05) is 13.1 Å². The van der Waals surface area contributed by atoms with Crippen molar-refractivity contribution in [1.29, 1.82) is 0 Å². The number of amides is 1. The number of carbonyl (C=O) groups excluding carboxylic acids is 1. The molecule has 0 aromatic heterocycles. The van der Waals surface area contributed by atoms with E-state index < -0.39 is 0 Å². The molecule has 1 heterocycles. The molecule has 1 aromatic carbocycles. The first-order chi connectivity index (χ1) is 9.19. The summed E-state index contributed by atoms with van der Waals surface area (Å²) in [5.74, 6) is 1.02. The topological polar surface area (TPSA) is 81.6 Å². The Hall–Kier alpha value is -1.59. The molecule has 0 radical (unpaired) electrons. The zero-order valence-corrected chi connectivity index (χ0v) is 11.3. The average molecular weight is 263 g/mol. The van der Waals surface area contributed by atoms with Gasteiger partial charge in [-0.2, -0.15) is 0 Å². The first-order valence-corrected chi connectivity index (χ1v) is 6.65. The molecule has 1 aromatic rings. The van der Waals surface area contributed by atoms with Crippen molar-refractivity contribution in [3.05, 3.63) is 23.8 Å². The van der Waals surface area contributed by atoms with Gasteiger partial charge in [0.05, 0.1) is 5.69 Å². The molecule has 0 aliphatic carbocycles. The second-order valence-electron chi connectivity index (χ2n) is 4.81. The maximum Gasteiger partial charge on any atom is 0.265 e. The lowest BCUT2D eigenvalue weighted by atomic mass is 10.0. The van der Waals surface area contributed by atoms with Gasteiger partial charge in [0.15, 0.2) is 6.61 Å². The van der Waals surface area contributed by atoms with Crippen molar-refractivity contribution in [1.82, 2.24) is 0 Å². The highest BCUT2D eigenvalue weighted by Crippen LogP contribution is 2.33. The number of hydrogen-bond donors (Lipinski definition) is 2. The second kappa shape index (κ2) is 6.04. The van der Waals surface area contributed by atoms with Gasteiger partial charge >= 0.3 is 0 Å². The number of nitrogens with zero attached hydrogens (tertiary/aromatic N) is 1. The standard InChI is InChI=1S/C14H21N3O2/c1-2-10(6-15)8-17-12-5-11(7-16)3-4-13(12)19-9-14(17)18/h3-5,10H,2,6-9,15-16H2,1H3. The van der Waals surface area contributed by atoms with Crippen molar-refractivity contribution in [2.45, 2.75) is 19.9 Å². The predicted octanol–water partition coefficient (Wildman–Crippen LogP) is 0.856. The molecule has 0 spiro atoms. The van der Waals surface area contributed by atoms with Gasteiger partial charge in [-0.1, -0.05) is 19.4 Å². The molecule has 19 heavy (non-hydrogen) atoms. The first-order valence-electron chi connectivity index (χ1n) is 6.65. The highest BCUT2D eigenvalue weighted by molar-refractivity contribution is 5.97. The van der Waals surface area contributed by atoms with Crippen LogP contribution >= 0.6 is 0 Å². The number of hydrogen-bond acceptors (Lipinski definition) is 4. The smallest absolute Gasteiger partial charge is 0.265 e. The fourth-order valence-electron chi connectivity index (χ4n) is 2.20. The van der Waals surface area contributed by atoms with Gasteiger partial charge in [-0.15, -0.1) is 0 Å². The summed E-state index contributed by atoms with van der Waals surface area (Å²) in [6, 6.07) is 5.73. The highest BCUT2D eigenvalue weighted by atomic mass is 16.5. The second-order valence-corrected chi connectivity index (χ2v) is 4.81. The Kier molecular flexibility index (Phi) is 4.39. The van der Waals surface area contributed by atoms with Crippen molar-refractivity contribution < 1.29 is 9.53 Å². The number of anilines is 1. The molecular formula is C14H21N3O2. The molecule has 104 valence electrons. The third kappa shape index (κ3) is 2.88. The van der Waals surface area contributed by atoms with Gasteiger partial charge in [-0.05, 0) is 30.2 Å². The molecule has 1 aliphatic heterocycles. The van der Waals surface area contributed by atoms with E-state index in [1.807, 2.05) is 18.2 Å². The predicted molar refractivity (Wildman–Crippen MR) is 75.0 cm³/mol. The number of carbonyl (C=O) groups is 1. The number of benzene rings is 1. The van der Waals surface area contributed by atoms with E-state index in [2.05, 4.69) is 6.92 Å². The number of rotatable bonds is 5. The molecular weight excluding hydrogens is 242 g/mol. The van der Waals surface area contributed by atoms with E-state index in [1.165, 1.54) is 0 Å². The summed E-state index contributed by atoms with van der Waals surface area (Å²) in [6.07, 6.45) is 0.951. The molecule has 4 N–H and O–H groups in total. The van der Waals surface area contributed by atoms with E-state index in [-0.39, 0.29) is 12.5 Å². The molecule has 0 bridgehead atoms. The van der Waals surface area contributed by atoms with E-state index in [0.29, 0.717) is 25.6 Å². The normalized spacial score (nSPS) is 15.9. The van der Waals surface area contributed by atoms with Crippen molar-refractivity contribution >= 4 is 11.6 Å².